The van der Waals surface area contributed by atoms with Crippen molar-refractivity contribution in [3.05, 3.63) is 47.6 Å². The Kier molecular flexibility index (Phi) is 12.8. The molecule has 0 radical (unpaired) electrons. The van der Waals surface area contributed by atoms with Crippen molar-refractivity contribution in [2.75, 3.05) is 6.61 Å². The Hall–Kier alpha value is -3.45. The van der Waals surface area contributed by atoms with Crippen molar-refractivity contribution < 1.29 is 78.9 Å². The van der Waals surface area contributed by atoms with Crippen LogP contribution in [0.15, 0.2) is 42.0 Å². The molecule has 8 N–H and O–H groups in total. The molecule has 0 aromatic heterocycles. The van der Waals surface area contributed by atoms with Gasteiger partial charge < -0.3 is 64.5 Å². The average Bonchev–Trinajstić information content (AvgIpc) is 3.24. The van der Waals surface area contributed by atoms with Crippen LogP contribution in [0.25, 0.3) is 6.08 Å². The van der Waals surface area contributed by atoms with Crippen LogP contribution in [0, 0.1) is 50.2 Å². The minimum absolute atomic E-state index is 0.0543. The molecule has 366 valence electrons. The number of phenols is 1. The Balaban J connectivity index is 1.05. The van der Waals surface area contributed by atoms with E-state index in [1.807, 2.05) is 0 Å². The monoisotopic (exact) mass is 926 g/mol. The van der Waals surface area contributed by atoms with E-state index in [1.165, 1.54) is 18.2 Å². The third-order valence-corrected chi connectivity index (χ3v) is 18.3. The molecular weight excluding hydrogens is 857 g/mol. The summed E-state index contributed by atoms with van der Waals surface area (Å²) in [6, 6.07) is 6.10. The van der Waals surface area contributed by atoms with Crippen LogP contribution in [-0.4, -0.2) is 133 Å². The van der Waals surface area contributed by atoms with E-state index in [0.717, 1.165) is 37.3 Å². The SMILES string of the molecule is CC1(C)CC[C@@]2(C(=O)O[C@H]3OC[C@@H](O)[C@H](O)[C@H]3OC(=O)C=Cc3ccc(O)cc3)C(C1)C1=CC[C@@H]3[C@@]4(C)CC[C@H](O[C@H]5O[C@H](C(=O)O)[C@@H](O)[C@H](O)[C@H]5O)C(C)(C)[C@@H]4CC[C@@]3(C)[C@]1(C)C[C@H]2O. The highest BCUT2D eigenvalue weighted by atomic mass is 16.7. The standard InChI is InChI=1S/C50H70O16/c1-45(2)20-21-50(44(61)66-43-40(35(55)29(52)24-62-43)64-34(54)15-10-25-8-11-26(51)12-9-25)28(22-45)27-13-14-31-47(5)18-17-33(63-42-38(58)36(56)37(57)39(65-42)41(59)60)46(3,4)30(47)16-19-48(31,6)49(27,7)23-32(50)53/h8-13,15,28-33,35-40,42-43,51-53,55-58H,14,16-24H2,1-7H3,(H,59,60)/t28?,29-,30+,31-,32-,33+,35+,36+,37+,38-,39+,40-,42+,43-,47+,48-,49-,50-/m1/s1. The number of hydrogen-bond donors (Lipinski definition) is 8. The highest BCUT2D eigenvalue weighted by molar-refractivity contribution is 5.87. The zero-order chi connectivity index (χ0) is 48.1. The number of ether oxygens (including phenoxy) is 5. The molecule has 1 aromatic rings. The van der Waals surface area contributed by atoms with Crippen LogP contribution in [0.4, 0.5) is 0 Å². The van der Waals surface area contributed by atoms with Gasteiger partial charge in [-0.15, -0.1) is 0 Å². The number of aliphatic carboxylic acids is 1. The molecule has 18 atom stereocenters. The summed E-state index contributed by atoms with van der Waals surface area (Å²) >= 11 is 0. The third kappa shape index (κ3) is 7.83. The second-order valence-corrected chi connectivity index (χ2v) is 22.7. The number of aliphatic hydroxyl groups is 6. The van der Waals surface area contributed by atoms with Crippen molar-refractivity contribution in [2.24, 2.45) is 50.2 Å². The first-order valence-corrected chi connectivity index (χ1v) is 23.6. The lowest BCUT2D eigenvalue weighted by atomic mass is 9.33. The number of fused-ring (bicyclic) bond motifs is 7. The van der Waals surface area contributed by atoms with Crippen LogP contribution in [0.5, 0.6) is 5.75 Å². The highest BCUT2D eigenvalue weighted by Crippen LogP contribution is 2.76. The molecule has 1 aromatic carbocycles. The zero-order valence-corrected chi connectivity index (χ0v) is 39.0. The van der Waals surface area contributed by atoms with Gasteiger partial charge in [0.05, 0.1) is 18.8 Å². The molecule has 0 spiro atoms. The normalized spacial score (nSPS) is 46.1. The first kappa shape index (κ1) is 49.0. The maximum absolute atomic E-state index is 15.0. The van der Waals surface area contributed by atoms with Gasteiger partial charge in [0.15, 0.2) is 18.5 Å². The molecule has 2 aliphatic heterocycles. The van der Waals surface area contributed by atoms with Gasteiger partial charge in [0, 0.05) is 6.08 Å². The molecule has 0 amide bonds. The van der Waals surface area contributed by atoms with Gasteiger partial charge in [-0.1, -0.05) is 72.2 Å². The molecule has 8 rings (SSSR count). The second-order valence-electron chi connectivity index (χ2n) is 22.7. The molecule has 4 saturated carbocycles. The van der Waals surface area contributed by atoms with Gasteiger partial charge >= 0.3 is 17.9 Å². The van der Waals surface area contributed by atoms with Crippen LogP contribution in [-0.2, 0) is 38.1 Å². The number of hydrogen-bond acceptors (Lipinski definition) is 15. The number of carboxylic acids is 1. The maximum atomic E-state index is 15.0. The minimum Gasteiger partial charge on any atom is -0.508 e. The van der Waals surface area contributed by atoms with E-state index in [-0.39, 0.29) is 46.9 Å². The predicted molar refractivity (Wildman–Crippen MR) is 234 cm³/mol. The summed E-state index contributed by atoms with van der Waals surface area (Å²) in [7, 11) is 0. The minimum atomic E-state index is -1.82. The summed E-state index contributed by atoms with van der Waals surface area (Å²) in [5.74, 6) is -3.14. The summed E-state index contributed by atoms with van der Waals surface area (Å²) in [5.41, 5.74) is -1.39. The average molecular weight is 927 g/mol. The van der Waals surface area contributed by atoms with Crippen LogP contribution >= 0.6 is 0 Å². The van der Waals surface area contributed by atoms with E-state index in [1.54, 1.807) is 12.1 Å². The molecule has 2 heterocycles. The predicted octanol–water partition coefficient (Wildman–Crippen LogP) is 3.99. The van der Waals surface area contributed by atoms with Crippen molar-refractivity contribution in [2.45, 2.75) is 174 Å². The number of esters is 2. The number of carboxylic acid groups (broad SMARTS) is 1. The summed E-state index contributed by atoms with van der Waals surface area (Å²) in [6.07, 6.45) is -5.86. The number of aromatic hydroxyl groups is 1. The smallest absolute Gasteiger partial charge is 0.335 e. The molecule has 2 saturated heterocycles. The van der Waals surface area contributed by atoms with Crippen molar-refractivity contribution in [3.63, 3.8) is 0 Å². The lowest BCUT2D eigenvalue weighted by molar-refractivity contribution is -0.324. The van der Waals surface area contributed by atoms with Gasteiger partial charge in [0.1, 0.15) is 41.7 Å². The Morgan fingerprint density at radius 2 is 1.47 bits per heavy atom. The number of benzene rings is 1. The molecule has 7 aliphatic rings. The molecule has 66 heavy (non-hydrogen) atoms. The first-order valence-electron chi connectivity index (χ1n) is 23.6. The van der Waals surface area contributed by atoms with Crippen molar-refractivity contribution >= 4 is 24.0 Å². The van der Waals surface area contributed by atoms with E-state index in [0.29, 0.717) is 31.2 Å². The number of carbonyl (C=O) groups is 3. The van der Waals surface area contributed by atoms with Gasteiger partial charge in [-0.2, -0.15) is 0 Å². The molecule has 5 aliphatic carbocycles. The van der Waals surface area contributed by atoms with Crippen molar-refractivity contribution in [3.8, 4) is 5.75 Å². The van der Waals surface area contributed by atoms with E-state index >= 15 is 4.79 Å². The lowest BCUT2D eigenvalue weighted by Crippen LogP contribution is -2.68. The lowest BCUT2D eigenvalue weighted by Gasteiger charge is -2.71. The van der Waals surface area contributed by atoms with Gasteiger partial charge in [-0.3, -0.25) is 4.79 Å². The largest absolute Gasteiger partial charge is 0.508 e. The fraction of sp³-hybridized carbons (Fsp3) is 0.740. The summed E-state index contributed by atoms with van der Waals surface area (Å²) in [5, 5.41) is 85.3. The van der Waals surface area contributed by atoms with Crippen LogP contribution in [0.2, 0.25) is 0 Å². The number of aliphatic hydroxyl groups excluding tert-OH is 6. The molecule has 16 nitrogen and oxygen atoms in total. The molecule has 6 fully saturated rings. The maximum Gasteiger partial charge on any atom is 0.335 e. The third-order valence-electron chi connectivity index (χ3n) is 18.3. The number of phenolic OH excluding ortho intramolecular Hbond substituents is 1. The molecule has 16 heteroatoms. The summed E-state index contributed by atoms with van der Waals surface area (Å²) in [6.45, 7) is 15.2. The van der Waals surface area contributed by atoms with E-state index in [2.05, 4.69) is 54.5 Å². The van der Waals surface area contributed by atoms with E-state index in [4.69, 9.17) is 23.7 Å². The molecule has 1 unspecified atom stereocenters. The van der Waals surface area contributed by atoms with Crippen molar-refractivity contribution in [1.29, 1.82) is 0 Å². The van der Waals surface area contributed by atoms with E-state index < -0.39 is 108 Å². The Labute approximate surface area is 385 Å². The number of rotatable bonds is 8. The highest BCUT2D eigenvalue weighted by Gasteiger charge is 2.72. The molecule has 0 bridgehead atoms. The van der Waals surface area contributed by atoms with Gasteiger partial charge in [-0.05, 0) is 126 Å². The van der Waals surface area contributed by atoms with E-state index in [9.17, 15) is 50.4 Å². The van der Waals surface area contributed by atoms with Gasteiger partial charge in [0.25, 0.3) is 0 Å². The number of allylic oxidation sites excluding steroid dienone is 2. The molecular formula is C50H70O16. The van der Waals surface area contributed by atoms with Crippen LogP contribution < -0.4 is 0 Å². The van der Waals surface area contributed by atoms with Crippen LogP contribution in [0.1, 0.15) is 112 Å². The first-order chi connectivity index (χ1) is 30.8. The van der Waals surface area contributed by atoms with Gasteiger partial charge in [-0.25, -0.2) is 9.59 Å². The number of carbonyl (C=O) groups excluding carboxylic acids is 2. The summed E-state index contributed by atoms with van der Waals surface area (Å²) < 4.78 is 29.5. The van der Waals surface area contributed by atoms with Gasteiger partial charge in [0.2, 0.25) is 6.29 Å². The van der Waals surface area contributed by atoms with Crippen molar-refractivity contribution in [1.82, 2.24) is 0 Å². The van der Waals surface area contributed by atoms with Crippen LogP contribution in [0.3, 0.4) is 0 Å². The zero-order valence-electron chi connectivity index (χ0n) is 39.0. The Morgan fingerprint density at radius 1 is 0.773 bits per heavy atom. The Bertz CT molecular complexity index is 2080. The fourth-order valence-corrected chi connectivity index (χ4v) is 14.4. The summed E-state index contributed by atoms with van der Waals surface area (Å²) in [4.78, 5) is 40.0. The quantitative estimate of drug-likeness (QED) is 0.0794. The fourth-order valence-electron chi connectivity index (χ4n) is 14.4. The Morgan fingerprint density at radius 3 is 2.15 bits per heavy atom. The topological polar surface area (TPSA) is 259 Å². The second kappa shape index (κ2) is 17.2.